The number of halogens is 1. The summed E-state index contributed by atoms with van der Waals surface area (Å²) in [6.07, 6.45) is 0. The second kappa shape index (κ2) is 6.85. The lowest BCUT2D eigenvalue weighted by atomic mass is 10.1. The molecular formula is C18H19ClN2OS. The summed E-state index contributed by atoms with van der Waals surface area (Å²) in [4.78, 5) is 16.3. The van der Waals surface area contributed by atoms with Gasteiger partial charge in [0.25, 0.3) is 0 Å². The third kappa shape index (κ3) is 3.48. The van der Waals surface area contributed by atoms with E-state index in [-0.39, 0.29) is 11.3 Å². The fourth-order valence-electron chi connectivity index (χ4n) is 2.65. The molecule has 0 spiro atoms. The molecule has 1 unspecified atom stereocenters. The summed E-state index contributed by atoms with van der Waals surface area (Å²) < 4.78 is 0. The van der Waals surface area contributed by atoms with Crippen molar-refractivity contribution in [3.63, 3.8) is 0 Å². The van der Waals surface area contributed by atoms with Crippen molar-refractivity contribution in [2.45, 2.75) is 11.9 Å². The van der Waals surface area contributed by atoms with Crippen molar-refractivity contribution < 1.29 is 4.79 Å². The normalized spacial score (nSPS) is 17.6. The van der Waals surface area contributed by atoms with Crippen LogP contribution in [-0.4, -0.2) is 30.7 Å². The molecule has 3 rings (SSSR count). The molecule has 1 saturated heterocycles. The molecule has 1 amide bonds. The number of carbonyl (C=O) groups excluding carboxylic acids is 1. The Morgan fingerprint density at radius 3 is 2.52 bits per heavy atom. The maximum atomic E-state index is 12.3. The smallest absolute Gasteiger partial charge is 0.234 e. The van der Waals surface area contributed by atoms with Gasteiger partial charge in [-0.3, -0.25) is 4.79 Å². The molecule has 3 nitrogen and oxygen atoms in total. The minimum Gasteiger partial charge on any atom is -0.378 e. The van der Waals surface area contributed by atoms with Crippen molar-refractivity contribution in [3.8, 4) is 0 Å². The highest BCUT2D eigenvalue weighted by Crippen LogP contribution is 2.42. The molecule has 0 aliphatic carbocycles. The Hall–Kier alpha value is -1.65. The Balaban J connectivity index is 1.82. The average molecular weight is 347 g/mol. The van der Waals surface area contributed by atoms with E-state index in [4.69, 9.17) is 11.6 Å². The van der Waals surface area contributed by atoms with Gasteiger partial charge in [0, 0.05) is 36.9 Å². The van der Waals surface area contributed by atoms with E-state index in [1.165, 1.54) is 0 Å². The number of hydrogen-bond acceptors (Lipinski definition) is 3. The molecule has 2 aromatic rings. The van der Waals surface area contributed by atoms with Crippen molar-refractivity contribution >= 4 is 35.0 Å². The van der Waals surface area contributed by atoms with Gasteiger partial charge in [0.15, 0.2) is 0 Å². The monoisotopic (exact) mass is 346 g/mol. The fourth-order valence-corrected chi connectivity index (χ4v) is 4.18. The van der Waals surface area contributed by atoms with E-state index in [0.717, 1.165) is 16.8 Å². The number of anilines is 1. The van der Waals surface area contributed by atoms with Crippen LogP contribution < -0.4 is 4.90 Å². The largest absolute Gasteiger partial charge is 0.378 e. The van der Waals surface area contributed by atoms with Gasteiger partial charge in [0.2, 0.25) is 5.91 Å². The first kappa shape index (κ1) is 16.2. The fraction of sp³-hybridized carbons (Fsp3) is 0.278. The van der Waals surface area contributed by atoms with Crippen LogP contribution in [0.2, 0.25) is 5.02 Å². The van der Waals surface area contributed by atoms with Crippen LogP contribution in [-0.2, 0) is 11.3 Å². The molecular weight excluding hydrogens is 328 g/mol. The van der Waals surface area contributed by atoms with Gasteiger partial charge in [-0.15, -0.1) is 11.8 Å². The van der Waals surface area contributed by atoms with Crippen LogP contribution in [0.1, 0.15) is 16.5 Å². The molecule has 1 aliphatic rings. The zero-order valence-electron chi connectivity index (χ0n) is 13.2. The predicted molar refractivity (Wildman–Crippen MR) is 98.0 cm³/mol. The minimum atomic E-state index is -0.00951. The Bertz CT molecular complexity index is 702. The summed E-state index contributed by atoms with van der Waals surface area (Å²) in [5.74, 6) is 0.669. The first-order chi connectivity index (χ1) is 11.1. The number of benzene rings is 2. The van der Waals surface area contributed by atoms with Gasteiger partial charge in [-0.05, 0) is 23.8 Å². The number of thioether (sulfide) groups is 1. The van der Waals surface area contributed by atoms with E-state index in [2.05, 4.69) is 29.2 Å². The van der Waals surface area contributed by atoms with Crippen molar-refractivity contribution in [2.75, 3.05) is 24.7 Å². The summed E-state index contributed by atoms with van der Waals surface area (Å²) in [5, 5.41) is 0.706. The number of amides is 1. The zero-order chi connectivity index (χ0) is 16.4. The van der Waals surface area contributed by atoms with Crippen molar-refractivity contribution in [3.05, 3.63) is 64.7 Å². The van der Waals surface area contributed by atoms with E-state index in [9.17, 15) is 4.79 Å². The topological polar surface area (TPSA) is 23.6 Å². The van der Waals surface area contributed by atoms with E-state index in [1.807, 2.05) is 43.3 Å². The molecule has 1 aliphatic heterocycles. The van der Waals surface area contributed by atoms with Crippen molar-refractivity contribution in [1.29, 1.82) is 0 Å². The van der Waals surface area contributed by atoms with Crippen LogP contribution in [0, 0.1) is 0 Å². The van der Waals surface area contributed by atoms with E-state index >= 15 is 0 Å². The second-order valence-corrected chi connectivity index (χ2v) is 7.24. The van der Waals surface area contributed by atoms with Gasteiger partial charge < -0.3 is 9.80 Å². The Morgan fingerprint density at radius 1 is 1.17 bits per heavy atom. The molecule has 1 heterocycles. The van der Waals surface area contributed by atoms with Crippen LogP contribution in [0.15, 0.2) is 48.5 Å². The molecule has 0 saturated carbocycles. The molecule has 0 aromatic heterocycles. The Morgan fingerprint density at radius 2 is 1.87 bits per heavy atom. The number of rotatable bonds is 4. The van der Waals surface area contributed by atoms with Gasteiger partial charge in [-0.25, -0.2) is 0 Å². The van der Waals surface area contributed by atoms with Crippen LogP contribution >= 0.6 is 23.4 Å². The number of hydrogen-bond donors (Lipinski definition) is 0. The Kier molecular flexibility index (Phi) is 4.83. The summed E-state index contributed by atoms with van der Waals surface area (Å²) in [7, 11) is 4.03. The quantitative estimate of drug-likeness (QED) is 0.829. The third-order valence-corrected chi connectivity index (χ3v) is 5.53. The number of nitrogens with zero attached hydrogens (tertiary/aromatic N) is 2. The van der Waals surface area contributed by atoms with Crippen LogP contribution in [0.3, 0.4) is 0 Å². The summed E-state index contributed by atoms with van der Waals surface area (Å²) in [6, 6.07) is 16.1. The molecule has 2 aromatic carbocycles. The van der Waals surface area contributed by atoms with Crippen LogP contribution in [0.25, 0.3) is 0 Å². The van der Waals surface area contributed by atoms with Gasteiger partial charge in [-0.2, -0.15) is 0 Å². The molecule has 120 valence electrons. The minimum absolute atomic E-state index is 0.00951. The van der Waals surface area contributed by atoms with Crippen LogP contribution in [0.4, 0.5) is 5.69 Å². The Labute approximate surface area is 146 Å². The highest BCUT2D eigenvalue weighted by Gasteiger charge is 2.33. The van der Waals surface area contributed by atoms with E-state index in [0.29, 0.717) is 17.3 Å². The van der Waals surface area contributed by atoms with Gasteiger partial charge in [0.1, 0.15) is 5.37 Å². The summed E-state index contributed by atoms with van der Waals surface area (Å²) in [6.45, 7) is 0.607. The lowest BCUT2D eigenvalue weighted by Crippen LogP contribution is -2.27. The molecule has 1 fully saturated rings. The van der Waals surface area contributed by atoms with Crippen LogP contribution in [0.5, 0.6) is 0 Å². The standard InChI is InChI=1S/C18H19ClN2OS/c1-20(2)14-9-7-13(8-10-14)11-21-17(22)12-23-18(21)15-5-3-4-6-16(15)19/h3-10,18H,11-12H2,1-2H3. The van der Waals surface area contributed by atoms with Gasteiger partial charge in [-0.1, -0.05) is 41.9 Å². The van der Waals surface area contributed by atoms with Gasteiger partial charge >= 0.3 is 0 Å². The first-order valence-electron chi connectivity index (χ1n) is 7.48. The SMILES string of the molecule is CN(C)c1ccc(CN2C(=O)CSC2c2ccccc2Cl)cc1. The van der Waals surface area contributed by atoms with Crippen molar-refractivity contribution in [1.82, 2.24) is 4.90 Å². The average Bonchev–Trinajstić information content (AvgIpc) is 2.89. The zero-order valence-corrected chi connectivity index (χ0v) is 14.8. The molecule has 0 N–H and O–H groups in total. The van der Waals surface area contributed by atoms with Crippen molar-refractivity contribution in [2.24, 2.45) is 0 Å². The summed E-state index contributed by atoms with van der Waals surface area (Å²) >= 11 is 7.96. The predicted octanol–water partition coefficient (Wildman–Crippen LogP) is 4.18. The van der Waals surface area contributed by atoms with Gasteiger partial charge in [0.05, 0.1) is 5.75 Å². The highest BCUT2D eigenvalue weighted by atomic mass is 35.5. The lowest BCUT2D eigenvalue weighted by molar-refractivity contribution is -0.128. The molecule has 0 bridgehead atoms. The van der Waals surface area contributed by atoms with E-state index in [1.54, 1.807) is 11.8 Å². The first-order valence-corrected chi connectivity index (χ1v) is 8.90. The number of carbonyl (C=O) groups is 1. The molecule has 23 heavy (non-hydrogen) atoms. The third-order valence-electron chi connectivity index (χ3n) is 3.95. The molecule has 5 heteroatoms. The highest BCUT2D eigenvalue weighted by molar-refractivity contribution is 8.00. The van der Waals surface area contributed by atoms with E-state index < -0.39 is 0 Å². The molecule has 0 radical (unpaired) electrons. The lowest BCUT2D eigenvalue weighted by Gasteiger charge is -2.25. The maximum Gasteiger partial charge on any atom is 0.234 e. The molecule has 1 atom stereocenters. The maximum absolute atomic E-state index is 12.3. The summed E-state index contributed by atoms with van der Waals surface area (Å²) in [5.41, 5.74) is 3.29. The second-order valence-electron chi connectivity index (χ2n) is 5.77.